The molecule has 1 saturated heterocycles. The minimum absolute atomic E-state index is 0.0673. The molecule has 0 unspecified atom stereocenters. The first-order valence-corrected chi connectivity index (χ1v) is 9.35. The Kier molecular flexibility index (Phi) is 6.41. The SMILES string of the molecule is COCCN1CCN(S(=O)(=O)c2ccc(OC(C)C)cc2)CC1. The van der Waals surface area contributed by atoms with E-state index in [9.17, 15) is 8.42 Å². The third kappa shape index (κ3) is 4.91. The lowest BCUT2D eigenvalue weighted by atomic mass is 10.3. The quantitative estimate of drug-likeness (QED) is 0.750. The highest BCUT2D eigenvalue weighted by Crippen LogP contribution is 2.21. The summed E-state index contributed by atoms with van der Waals surface area (Å²) in [7, 11) is -1.76. The third-order valence-corrected chi connectivity index (χ3v) is 5.69. The maximum Gasteiger partial charge on any atom is 0.243 e. The molecular formula is C16H26N2O4S. The molecule has 0 radical (unpaired) electrons. The van der Waals surface area contributed by atoms with E-state index >= 15 is 0 Å². The molecule has 130 valence electrons. The maximum absolute atomic E-state index is 12.7. The summed E-state index contributed by atoms with van der Waals surface area (Å²) in [5.41, 5.74) is 0. The van der Waals surface area contributed by atoms with Crippen LogP contribution in [0.4, 0.5) is 0 Å². The Morgan fingerprint density at radius 3 is 2.22 bits per heavy atom. The summed E-state index contributed by atoms with van der Waals surface area (Å²) in [5, 5.41) is 0. The molecule has 0 N–H and O–H groups in total. The van der Waals surface area contributed by atoms with E-state index in [1.807, 2.05) is 13.8 Å². The highest BCUT2D eigenvalue weighted by molar-refractivity contribution is 7.89. The molecular weight excluding hydrogens is 316 g/mol. The van der Waals surface area contributed by atoms with Gasteiger partial charge in [0.25, 0.3) is 0 Å². The second-order valence-electron chi connectivity index (χ2n) is 5.88. The normalized spacial score (nSPS) is 17.6. The van der Waals surface area contributed by atoms with Gasteiger partial charge >= 0.3 is 0 Å². The van der Waals surface area contributed by atoms with Gasteiger partial charge in [0.1, 0.15) is 5.75 Å². The van der Waals surface area contributed by atoms with Crippen LogP contribution >= 0.6 is 0 Å². The lowest BCUT2D eigenvalue weighted by molar-refractivity contribution is 0.123. The van der Waals surface area contributed by atoms with Crippen LogP contribution in [0.3, 0.4) is 0 Å². The summed E-state index contributed by atoms with van der Waals surface area (Å²) in [6.07, 6.45) is 0.0673. The van der Waals surface area contributed by atoms with Crippen LogP contribution in [0, 0.1) is 0 Å². The molecule has 1 aliphatic rings. The minimum Gasteiger partial charge on any atom is -0.491 e. The van der Waals surface area contributed by atoms with E-state index < -0.39 is 10.0 Å². The highest BCUT2D eigenvalue weighted by Gasteiger charge is 2.28. The van der Waals surface area contributed by atoms with Gasteiger partial charge in [0.05, 0.1) is 17.6 Å². The van der Waals surface area contributed by atoms with Crippen molar-refractivity contribution in [2.24, 2.45) is 0 Å². The van der Waals surface area contributed by atoms with E-state index in [4.69, 9.17) is 9.47 Å². The number of sulfonamides is 1. The van der Waals surface area contributed by atoms with Crippen LogP contribution in [0.25, 0.3) is 0 Å². The first-order chi connectivity index (χ1) is 10.9. The molecule has 23 heavy (non-hydrogen) atoms. The van der Waals surface area contributed by atoms with Gasteiger partial charge in [-0.05, 0) is 38.1 Å². The van der Waals surface area contributed by atoms with Crippen molar-refractivity contribution in [2.75, 3.05) is 46.4 Å². The second kappa shape index (κ2) is 8.10. The highest BCUT2D eigenvalue weighted by atomic mass is 32.2. The lowest BCUT2D eigenvalue weighted by Gasteiger charge is -2.33. The Morgan fingerprint density at radius 1 is 1.09 bits per heavy atom. The van der Waals surface area contributed by atoms with Gasteiger partial charge in [-0.2, -0.15) is 4.31 Å². The van der Waals surface area contributed by atoms with Gasteiger partial charge in [-0.15, -0.1) is 0 Å². The van der Waals surface area contributed by atoms with Crippen molar-refractivity contribution in [3.63, 3.8) is 0 Å². The first-order valence-electron chi connectivity index (χ1n) is 7.91. The number of rotatable bonds is 7. The fourth-order valence-corrected chi connectivity index (χ4v) is 3.95. The number of hydrogen-bond donors (Lipinski definition) is 0. The van der Waals surface area contributed by atoms with Gasteiger partial charge in [0.15, 0.2) is 0 Å². The smallest absolute Gasteiger partial charge is 0.243 e. The molecule has 0 aromatic heterocycles. The molecule has 0 spiro atoms. The van der Waals surface area contributed by atoms with E-state index in [1.165, 1.54) is 0 Å². The zero-order valence-corrected chi connectivity index (χ0v) is 14.9. The first kappa shape index (κ1) is 18.2. The van der Waals surface area contributed by atoms with E-state index in [-0.39, 0.29) is 6.10 Å². The summed E-state index contributed by atoms with van der Waals surface area (Å²) in [4.78, 5) is 2.54. The van der Waals surface area contributed by atoms with Gasteiger partial charge < -0.3 is 9.47 Å². The van der Waals surface area contributed by atoms with Gasteiger partial charge in [-0.3, -0.25) is 4.90 Å². The molecule has 0 aliphatic carbocycles. The van der Waals surface area contributed by atoms with Crippen LogP contribution in [0.15, 0.2) is 29.2 Å². The molecule has 7 heteroatoms. The van der Waals surface area contributed by atoms with Crippen LogP contribution in [0.2, 0.25) is 0 Å². The van der Waals surface area contributed by atoms with E-state index in [1.54, 1.807) is 35.7 Å². The number of methoxy groups -OCH3 is 1. The largest absolute Gasteiger partial charge is 0.491 e. The molecule has 1 aromatic carbocycles. The molecule has 0 bridgehead atoms. The Bertz CT molecular complexity index is 579. The summed E-state index contributed by atoms with van der Waals surface area (Å²) in [6, 6.07) is 6.65. The number of piperazine rings is 1. The molecule has 0 amide bonds. The Morgan fingerprint density at radius 2 is 1.70 bits per heavy atom. The monoisotopic (exact) mass is 342 g/mol. The van der Waals surface area contributed by atoms with Crippen molar-refractivity contribution in [3.8, 4) is 5.75 Å². The zero-order chi connectivity index (χ0) is 16.9. The second-order valence-corrected chi connectivity index (χ2v) is 7.81. The summed E-state index contributed by atoms with van der Waals surface area (Å²) in [5.74, 6) is 0.684. The predicted molar refractivity (Wildman–Crippen MR) is 89.3 cm³/mol. The van der Waals surface area contributed by atoms with Crippen molar-refractivity contribution in [1.82, 2.24) is 9.21 Å². The Balaban J connectivity index is 1.99. The summed E-state index contributed by atoms with van der Waals surface area (Å²) < 4.78 is 37.5. The lowest BCUT2D eigenvalue weighted by Crippen LogP contribution is -2.49. The molecule has 6 nitrogen and oxygen atoms in total. The van der Waals surface area contributed by atoms with Crippen molar-refractivity contribution in [1.29, 1.82) is 0 Å². The standard InChI is InChI=1S/C16H26N2O4S/c1-14(2)22-15-4-6-16(7-5-15)23(19,20)18-10-8-17(9-11-18)12-13-21-3/h4-7,14H,8-13H2,1-3H3. The van der Waals surface area contributed by atoms with Gasteiger partial charge in [0, 0.05) is 39.8 Å². The van der Waals surface area contributed by atoms with Gasteiger partial charge in [-0.25, -0.2) is 8.42 Å². The molecule has 2 rings (SSSR count). The van der Waals surface area contributed by atoms with Crippen molar-refractivity contribution >= 4 is 10.0 Å². The van der Waals surface area contributed by atoms with Crippen LogP contribution < -0.4 is 4.74 Å². The van der Waals surface area contributed by atoms with Crippen LogP contribution in [-0.4, -0.2) is 70.2 Å². The fraction of sp³-hybridized carbons (Fsp3) is 0.625. The number of hydrogen-bond acceptors (Lipinski definition) is 5. The van der Waals surface area contributed by atoms with Crippen LogP contribution in [0.5, 0.6) is 5.75 Å². The van der Waals surface area contributed by atoms with Crippen LogP contribution in [-0.2, 0) is 14.8 Å². The van der Waals surface area contributed by atoms with E-state index in [0.717, 1.165) is 19.6 Å². The summed E-state index contributed by atoms with van der Waals surface area (Å²) >= 11 is 0. The number of benzene rings is 1. The maximum atomic E-state index is 12.7. The third-order valence-electron chi connectivity index (χ3n) is 3.78. The van der Waals surface area contributed by atoms with Crippen molar-refractivity contribution < 1.29 is 17.9 Å². The Hall–Kier alpha value is -1.15. The van der Waals surface area contributed by atoms with Crippen molar-refractivity contribution in [3.05, 3.63) is 24.3 Å². The number of nitrogens with zero attached hydrogens (tertiary/aromatic N) is 2. The molecule has 1 aromatic rings. The predicted octanol–water partition coefficient (Wildman–Crippen LogP) is 1.43. The van der Waals surface area contributed by atoms with E-state index in [0.29, 0.717) is 30.3 Å². The van der Waals surface area contributed by atoms with Gasteiger partial charge in [0.2, 0.25) is 10.0 Å². The average Bonchev–Trinajstić information content (AvgIpc) is 2.53. The molecule has 1 heterocycles. The minimum atomic E-state index is -3.43. The topological polar surface area (TPSA) is 59.1 Å². The molecule has 0 saturated carbocycles. The average molecular weight is 342 g/mol. The molecule has 1 aliphatic heterocycles. The van der Waals surface area contributed by atoms with Crippen LogP contribution in [0.1, 0.15) is 13.8 Å². The Labute approximate surface area is 139 Å². The van der Waals surface area contributed by atoms with Gasteiger partial charge in [-0.1, -0.05) is 0 Å². The van der Waals surface area contributed by atoms with E-state index in [2.05, 4.69) is 4.90 Å². The molecule has 1 fully saturated rings. The molecule has 0 atom stereocenters. The summed E-state index contributed by atoms with van der Waals surface area (Å²) in [6.45, 7) is 7.87. The number of ether oxygens (including phenoxy) is 2. The fourth-order valence-electron chi connectivity index (χ4n) is 2.53. The zero-order valence-electron chi connectivity index (χ0n) is 14.1. The van der Waals surface area contributed by atoms with Crippen molar-refractivity contribution in [2.45, 2.75) is 24.8 Å².